The van der Waals surface area contributed by atoms with Crippen molar-refractivity contribution >= 4 is 23.1 Å². The molecule has 1 N–H and O–H groups in total. The fourth-order valence-corrected chi connectivity index (χ4v) is 3.63. The van der Waals surface area contributed by atoms with Gasteiger partial charge in [0.05, 0.1) is 16.5 Å². The van der Waals surface area contributed by atoms with Gasteiger partial charge >= 0.3 is 0 Å². The van der Waals surface area contributed by atoms with Gasteiger partial charge in [-0.2, -0.15) is 0 Å². The van der Waals surface area contributed by atoms with Crippen LogP contribution in [0.2, 0.25) is 0 Å². The van der Waals surface area contributed by atoms with E-state index in [-0.39, 0.29) is 23.2 Å². The quantitative estimate of drug-likeness (QED) is 0.512. The molecule has 1 aliphatic heterocycles. The molecule has 4 rings (SSSR count). The molecule has 1 saturated heterocycles. The molecular weight excluding hydrogens is 382 g/mol. The molecule has 1 aromatic heterocycles. The van der Waals surface area contributed by atoms with E-state index in [0.717, 1.165) is 36.5 Å². The minimum absolute atomic E-state index is 0.110. The van der Waals surface area contributed by atoms with Crippen LogP contribution in [0.3, 0.4) is 0 Å². The molecule has 0 spiro atoms. The van der Waals surface area contributed by atoms with Crippen molar-refractivity contribution in [1.29, 1.82) is 0 Å². The number of nitro benzene ring substituents is 1. The number of hydrogen-bond donors (Lipinski definition) is 1. The average Bonchev–Trinajstić information content (AvgIpc) is 2.80. The van der Waals surface area contributed by atoms with Crippen molar-refractivity contribution in [3.8, 4) is 11.3 Å². The summed E-state index contributed by atoms with van der Waals surface area (Å²) in [6.45, 7) is 1.28. The second-order valence-corrected chi connectivity index (χ2v) is 7.19. The zero-order valence-electron chi connectivity index (χ0n) is 16.3. The molecule has 152 valence electrons. The minimum Gasteiger partial charge on any atom is -0.354 e. The zero-order chi connectivity index (χ0) is 20.9. The third-order valence-electron chi connectivity index (χ3n) is 5.19. The number of benzene rings is 2. The maximum atomic E-state index is 12.8. The summed E-state index contributed by atoms with van der Waals surface area (Å²) in [7, 11) is 0. The Kier molecular flexibility index (Phi) is 5.65. The van der Waals surface area contributed by atoms with Crippen molar-refractivity contribution in [3.63, 3.8) is 0 Å². The lowest BCUT2D eigenvalue weighted by Crippen LogP contribution is -2.41. The second kappa shape index (κ2) is 8.69. The Hall–Kier alpha value is -3.81. The summed E-state index contributed by atoms with van der Waals surface area (Å²) in [5.74, 6) is 0.217. The molecule has 2 aromatic carbocycles. The zero-order valence-corrected chi connectivity index (χ0v) is 16.3. The van der Waals surface area contributed by atoms with Gasteiger partial charge in [0, 0.05) is 24.7 Å². The van der Waals surface area contributed by atoms with Crippen molar-refractivity contribution in [2.75, 3.05) is 23.3 Å². The fourth-order valence-electron chi connectivity index (χ4n) is 3.63. The van der Waals surface area contributed by atoms with Gasteiger partial charge in [-0.1, -0.05) is 42.5 Å². The number of hydrogen-bond acceptors (Lipinski definition) is 6. The smallest absolute Gasteiger partial charge is 0.292 e. The van der Waals surface area contributed by atoms with Gasteiger partial charge in [0.2, 0.25) is 5.91 Å². The van der Waals surface area contributed by atoms with Crippen molar-refractivity contribution in [3.05, 3.63) is 76.8 Å². The Labute approximate surface area is 173 Å². The van der Waals surface area contributed by atoms with Crippen LogP contribution in [0.25, 0.3) is 11.3 Å². The van der Waals surface area contributed by atoms with E-state index in [4.69, 9.17) is 0 Å². The standard InChI is InChI=1S/C22H21N5O3/c28-22(23-19-10-4-5-11-20(19)27(29)30)17-9-6-14-26(15-17)21-13-12-18(24-25-21)16-7-2-1-3-8-16/h1-5,7-8,10-13,17H,6,9,14-15H2,(H,23,28). The number of carbonyl (C=O) groups is 1. The Morgan fingerprint density at radius 2 is 1.80 bits per heavy atom. The van der Waals surface area contributed by atoms with Crippen molar-refractivity contribution in [2.45, 2.75) is 12.8 Å². The van der Waals surface area contributed by atoms with Crippen LogP contribution in [0.1, 0.15) is 12.8 Å². The van der Waals surface area contributed by atoms with Crippen molar-refractivity contribution in [1.82, 2.24) is 10.2 Å². The maximum absolute atomic E-state index is 12.8. The first-order valence-electron chi connectivity index (χ1n) is 9.80. The number of para-hydroxylation sites is 2. The van der Waals surface area contributed by atoms with Crippen molar-refractivity contribution in [2.24, 2.45) is 5.92 Å². The van der Waals surface area contributed by atoms with Crippen molar-refractivity contribution < 1.29 is 9.72 Å². The molecule has 1 unspecified atom stereocenters. The topological polar surface area (TPSA) is 101 Å². The van der Waals surface area contributed by atoms with Gasteiger partial charge in [0.25, 0.3) is 5.69 Å². The number of nitro groups is 1. The fraction of sp³-hybridized carbons (Fsp3) is 0.227. The van der Waals surface area contributed by atoms with Gasteiger partial charge < -0.3 is 10.2 Å². The van der Waals surface area contributed by atoms with E-state index in [1.54, 1.807) is 18.2 Å². The van der Waals surface area contributed by atoms with E-state index in [0.29, 0.717) is 6.54 Å². The van der Waals surface area contributed by atoms with E-state index in [9.17, 15) is 14.9 Å². The predicted octanol–water partition coefficient (Wildman–Crippen LogP) is 3.91. The Bertz CT molecular complexity index is 1040. The number of carbonyl (C=O) groups excluding carboxylic acids is 1. The monoisotopic (exact) mass is 403 g/mol. The van der Waals surface area contributed by atoms with Crippen LogP contribution in [0.4, 0.5) is 17.2 Å². The number of anilines is 2. The molecule has 3 aromatic rings. The highest BCUT2D eigenvalue weighted by molar-refractivity contribution is 5.95. The van der Waals surface area contributed by atoms with E-state index in [2.05, 4.69) is 15.5 Å². The number of amides is 1. The molecule has 2 heterocycles. The summed E-state index contributed by atoms with van der Waals surface area (Å²) in [5, 5.41) is 22.6. The summed E-state index contributed by atoms with van der Waals surface area (Å²) in [6, 6.07) is 19.8. The van der Waals surface area contributed by atoms with Gasteiger partial charge in [-0.25, -0.2) is 0 Å². The first-order valence-corrected chi connectivity index (χ1v) is 9.80. The molecule has 0 saturated carbocycles. The average molecular weight is 403 g/mol. The first kappa shape index (κ1) is 19.5. The Morgan fingerprint density at radius 1 is 1.03 bits per heavy atom. The molecule has 0 aliphatic carbocycles. The summed E-state index contributed by atoms with van der Waals surface area (Å²) >= 11 is 0. The summed E-state index contributed by atoms with van der Waals surface area (Å²) < 4.78 is 0. The van der Waals surface area contributed by atoms with E-state index in [1.807, 2.05) is 47.4 Å². The molecule has 1 amide bonds. The van der Waals surface area contributed by atoms with E-state index >= 15 is 0 Å². The highest BCUT2D eigenvalue weighted by atomic mass is 16.6. The minimum atomic E-state index is -0.493. The molecule has 1 fully saturated rings. The SMILES string of the molecule is O=C(Nc1ccccc1[N+](=O)[O-])C1CCCN(c2ccc(-c3ccccc3)nn2)C1. The lowest BCUT2D eigenvalue weighted by molar-refractivity contribution is -0.383. The van der Waals surface area contributed by atoms with Crippen LogP contribution in [0.5, 0.6) is 0 Å². The molecular formula is C22H21N5O3. The molecule has 8 heteroatoms. The molecule has 30 heavy (non-hydrogen) atoms. The highest BCUT2D eigenvalue weighted by Gasteiger charge is 2.28. The van der Waals surface area contributed by atoms with Crippen LogP contribution >= 0.6 is 0 Å². The van der Waals surface area contributed by atoms with Crippen LogP contribution in [-0.4, -0.2) is 34.1 Å². The second-order valence-electron chi connectivity index (χ2n) is 7.19. The van der Waals surface area contributed by atoms with Crippen LogP contribution in [0, 0.1) is 16.0 Å². The van der Waals surface area contributed by atoms with Crippen LogP contribution in [0.15, 0.2) is 66.7 Å². The lowest BCUT2D eigenvalue weighted by Gasteiger charge is -2.32. The Morgan fingerprint density at radius 3 is 2.53 bits per heavy atom. The van der Waals surface area contributed by atoms with Gasteiger partial charge in [0.1, 0.15) is 5.69 Å². The molecule has 1 atom stereocenters. The lowest BCUT2D eigenvalue weighted by atomic mass is 9.97. The summed E-state index contributed by atoms with van der Waals surface area (Å²) in [6.07, 6.45) is 1.55. The summed E-state index contributed by atoms with van der Waals surface area (Å²) in [5.41, 5.74) is 1.90. The molecule has 0 radical (unpaired) electrons. The van der Waals surface area contributed by atoms with Gasteiger partial charge in [-0.15, -0.1) is 10.2 Å². The Balaban J connectivity index is 1.44. The van der Waals surface area contributed by atoms with Gasteiger partial charge in [-0.05, 0) is 31.0 Å². The van der Waals surface area contributed by atoms with Gasteiger partial charge in [0.15, 0.2) is 5.82 Å². The molecule has 8 nitrogen and oxygen atoms in total. The normalized spacial score (nSPS) is 16.1. The number of rotatable bonds is 5. The molecule has 0 bridgehead atoms. The number of nitrogens with zero attached hydrogens (tertiary/aromatic N) is 4. The first-order chi connectivity index (χ1) is 14.6. The maximum Gasteiger partial charge on any atom is 0.292 e. The predicted molar refractivity (Wildman–Crippen MR) is 114 cm³/mol. The summed E-state index contributed by atoms with van der Waals surface area (Å²) in [4.78, 5) is 25.5. The third kappa shape index (κ3) is 4.27. The molecule has 1 aliphatic rings. The third-order valence-corrected chi connectivity index (χ3v) is 5.19. The highest BCUT2D eigenvalue weighted by Crippen LogP contribution is 2.27. The van der Waals surface area contributed by atoms with Crippen LogP contribution in [-0.2, 0) is 4.79 Å². The largest absolute Gasteiger partial charge is 0.354 e. The van der Waals surface area contributed by atoms with Gasteiger partial charge in [-0.3, -0.25) is 14.9 Å². The van der Waals surface area contributed by atoms with E-state index in [1.165, 1.54) is 6.07 Å². The number of piperidine rings is 1. The number of aromatic nitrogens is 2. The van der Waals surface area contributed by atoms with E-state index < -0.39 is 4.92 Å². The van der Waals surface area contributed by atoms with Crippen LogP contribution < -0.4 is 10.2 Å². The number of nitrogens with one attached hydrogen (secondary N) is 1.